The lowest BCUT2D eigenvalue weighted by molar-refractivity contribution is 0.381. The standard InChI is InChI=1S/C12H13ClFN3O2S/c1-12(2-3-20(18,19)6-12)17-10-5-8(14)7(13)4-9(10)16-11(17)15/h4-5H,2-3,6H2,1H3,(H2,15,16). The fourth-order valence-electron chi connectivity index (χ4n) is 2.83. The van der Waals surface area contributed by atoms with Crippen molar-refractivity contribution in [3.05, 3.63) is 23.0 Å². The van der Waals surface area contributed by atoms with E-state index >= 15 is 0 Å². The summed E-state index contributed by atoms with van der Waals surface area (Å²) in [7, 11) is -3.11. The number of imidazole rings is 1. The molecule has 1 saturated heterocycles. The molecule has 0 saturated carbocycles. The number of nitrogens with two attached hydrogens (primary N) is 1. The van der Waals surface area contributed by atoms with Gasteiger partial charge in [-0.3, -0.25) is 0 Å². The van der Waals surface area contributed by atoms with E-state index in [2.05, 4.69) is 4.98 Å². The van der Waals surface area contributed by atoms with E-state index in [0.29, 0.717) is 17.5 Å². The fourth-order valence-corrected chi connectivity index (χ4v) is 5.10. The molecule has 1 aliphatic heterocycles. The van der Waals surface area contributed by atoms with E-state index in [4.69, 9.17) is 17.3 Å². The molecule has 8 heteroatoms. The van der Waals surface area contributed by atoms with Crippen molar-refractivity contribution in [1.29, 1.82) is 0 Å². The van der Waals surface area contributed by atoms with Gasteiger partial charge in [-0.2, -0.15) is 0 Å². The number of rotatable bonds is 1. The van der Waals surface area contributed by atoms with E-state index in [0.717, 1.165) is 0 Å². The summed E-state index contributed by atoms with van der Waals surface area (Å²) in [5.74, 6) is -0.343. The number of benzene rings is 1. The number of halogens is 2. The molecule has 0 aliphatic carbocycles. The first-order chi connectivity index (χ1) is 9.22. The van der Waals surface area contributed by atoms with E-state index in [9.17, 15) is 12.8 Å². The maximum absolute atomic E-state index is 13.7. The van der Waals surface area contributed by atoms with Crippen molar-refractivity contribution in [3.63, 3.8) is 0 Å². The zero-order chi connectivity index (χ0) is 14.7. The van der Waals surface area contributed by atoms with Gasteiger partial charge in [0.25, 0.3) is 0 Å². The number of fused-ring (bicyclic) bond motifs is 1. The molecule has 1 unspecified atom stereocenters. The number of hydrogen-bond donors (Lipinski definition) is 1. The lowest BCUT2D eigenvalue weighted by atomic mass is 10.0. The highest BCUT2D eigenvalue weighted by Crippen LogP contribution is 2.36. The first kappa shape index (κ1) is 13.6. The number of hydrogen-bond acceptors (Lipinski definition) is 4. The molecule has 1 atom stereocenters. The van der Waals surface area contributed by atoms with Crippen LogP contribution in [0.3, 0.4) is 0 Å². The van der Waals surface area contributed by atoms with Crippen molar-refractivity contribution in [3.8, 4) is 0 Å². The first-order valence-electron chi connectivity index (χ1n) is 6.06. The minimum absolute atomic E-state index is 0.0279. The Morgan fingerprint density at radius 3 is 2.80 bits per heavy atom. The molecule has 1 aliphatic rings. The molecule has 2 heterocycles. The van der Waals surface area contributed by atoms with Crippen LogP contribution in [0, 0.1) is 5.82 Å². The van der Waals surface area contributed by atoms with Crippen LogP contribution in [-0.2, 0) is 15.4 Å². The maximum atomic E-state index is 13.7. The van der Waals surface area contributed by atoms with Gasteiger partial charge in [0.2, 0.25) is 5.95 Å². The summed E-state index contributed by atoms with van der Waals surface area (Å²) in [4.78, 5) is 4.15. The fraction of sp³-hybridized carbons (Fsp3) is 0.417. The van der Waals surface area contributed by atoms with Gasteiger partial charge >= 0.3 is 0 Å². The molecule has 108 valence electrons. The summed E-state index contributed by atoms with van der Waals surface area (Å²) in [6.45, 7) is 1.79. The number of nitrogen functional groups attached to an aromatic ring is 1. The monoisotopic (exact) mass is 317 g/mol. The van der Waals surface area contributed by atoms with E-state index in [1.165, 1.54) is 12.1 Å². The van der Waals surface area contributed by atoms with Crippen LogP contribution in [0.25, 0.3) is 11.0 Å². The Kier molecular flexibility index (Phi) is 2.78. The normalized spacial score (nSPS) is 25.4. The van der Waals surface area contributed by atoms with E-state index in [1.54, 1.807) is 11.5 Å². The Balaban J connectivity index is 2.27. The largest absolute Gasteiger partial charge is 0.369 e. The van der Waals surface area contributed by atoms with Crippen LogP contribution in [0.4, 0.5) is 10.3 Å². The molecular formula is C12H13ClFN3O2S. The Morgan fingerprint density at radius 1 is 1.50 bits per heavy atom. The van der Waals surface area contributed by atoms with Crippen molar-refractivity contribution >= 4 is 38.4 Å². The van der Waals surface area contributed by atoms with Crippen molar-refractivity contribution in [1.82, 2.24) is 9.55 Å². The SMILES string of the molecule is CC1(n2c(N)nc3cc(Cl)c(F)cc32)CCS(=O)(=O)C1. The van der Waals surface area contributed by atoms with Crippen molar-refractivity contribution < 1.29 is 12.8 Å². The predicted octanol–water partition coefficient (Wildman–Crippen LogP) is 1.94. The highest BCUT2D eigenvalue weighted by molar-refractivity contribution is 7.91. The summed E-state index contributed by atoms with van der Waals surface area (Å²) in [5, 5.41) is -0.0358. The van der Waals surface area contributed by atoms with Crippen molar-refractivity contribution in [2.75, 3.05) is 17.2 Å². The van der Waals surface area contributed by atoms with Gasteiger partial charge in [-0.15, -0.1) is 0 Å². The summed E-state index contributed by atoms with van der Waals surface area (Å²) >= 11 is 5.73. The molecule has 2 N–H and O–H groups in total. The highest BCUT2D eigenvalue weighted by atomic mass is 35.5. The van der Waals surface area contributed by atoms with Gasteiger partial charge < -0.3 is 10.3 Å². The summed E-state index contributed by atoms with van der Waals surface area (Å²) in [6, 6.07) is 2.64. The number of nitrogens with zero attached hydrogens (tertiary/aromatic N) is 2. The molecule has 1 fully saturated rings. The number of sulfone groups is 1. The molecule has 0 spiro atoms. The van der Waals surface area contributed by atoms with Gasteiger partial charge in [0, 0.05) is 6.07 Å². The summed E-state index contributed by atoms with van der Waals surface area (Å²) in [5.41, 5.74) is 6.11. The zero-order valence-corrected chi connectivity index (χ0v) is 12.3. The molecule has 2 aromatic rings. The lowest BCUT2D eigenvalue weighted by Crippen LogP contribution is -2.32. The van der Waals surface area contributed by atoms with Crippen LogP contribution >= 0.6 is 11.6 Å². The van der Waals surface area contributed by atoms with Crippen molar-refractivity contribution in [2.24, 2.45) is 0 Å². The average Bonchev–Trinajstić information content (AvgIpc) is 2.77. The van der Waals surface area contributed by atoms with E-state index < -0.39 is 21.2 Å². The van der Waals surface area contributed by atoms with Crippen LogP contribution in [0.2, 0.25) is 5.02 Å². The molecule has 1 aromatic carbocycles. The van der Waals surface area contributed by atoms with Crippen molar-refractivity contribution in [2.45, 2.75) is 18.9 Å². The zero-order valence-electron chi connectivity index (χ0n) is 10.7. The van der Waals surface area contributed by atoms with Crippen LogP contribution in [-0.4, -0.2) is 29.5 Å². The summed E-state index contributed by atoms with van der Waals surface area (Å²) in [6.07, 6.45) is 0.426. The molecule has 0 amide bonds. The van der Waals surface area contributed by atoms with Crippen LogP contribution in [0.1, 0.15) is 13.3 Å². The van der Waals surface area contributed by atoms with Gasteiger partial charge in [-0.05, 0) is 19.4 Å². The average molecular weight is 318 g/mol. The first-order valence-corrected chi connectivity index (χ1v) is 8.26. The molecule has 3 rings (SSSR count). The van der Waals surface area contributed by atoms with Crippen LogP contribution in [0.5, 0.6) is 0 Å². The second-order valence-electron chi connectivity index (χ2n) is 5.40. The topological polar surface area (TPSA) is 78.0 Å². The third-order valence-electron chi connectivity index (χ3n) is 3.74. The van der Waals surface area contributed by atoms with E-state index in [1.807, 2.05) is 0 Å². The predicted molar refractivity (Wildman–Crippen MR) is 76.0 cm³/mol. The van der Waals surface area contributed by atoms with Gasteiger partial charge in [0.1, 0.15) is 5.82 Å². The number of anilines is 1. The lowest BCUT2D eigenvalue weighted by Gasteiger charge is -2.26. The van der Waals surface area contributed by atoms with Gasteiger partial charge in [-0.1, -0.05) is 11.6 Å². The van der Waals surface area contributed by atoms with Gasteiger partial charge in [0.15, 0.2) is 9.84 Å². The Labute approximate surface area is 120 Å². The minimum atomic E-state index is -3.11. The van der Waals surface area contributed by atoms with Gasteiger partial charge in [-0.25, -0.2) is 17.8 Å². The third-order valence-corrected chi connectivity index (χ3v) is 5.92. The number of aromatic nitrogens is 2. The Bertz CT molecular complexity index is 818. The second kappa shape index (κ2) is 4.08. The second-order valence-corrected chi connectivity index (χ2v) is 7.99. The third kappa shape index (κ3) is 1.96. The Morgan fingerprint density at radius 2 is 2.20 bits per heavy atom. The molecule has 20 heavy (non-hydrogen) atoms. The maximum Gasteiger partial charge on any atom is 0.201 e. The minimum Gasteiger partial charge on any atom is -0.369 e. The van der Waals surface area contributed by atoms with Crippen LogP contribution in [0.15, 0.2) is 12.1 Å². The molecule has 5 nitrogen and oxygen atoms in total. The Hall–Kier alpha value is -1.34. The smallest absolute Gasteiger partial charge is 0.201 e. The summed E-state index contributed by atoms with van der Waals surface area (Å²) < 4.78 is 38.8. The quantitative estimate of drug-likeness (QED) is 0.872. The molecule has 0 bridgehead atoms. The molecular weight excluding hydrogens is 305 g/mol. The van der Waals surface area contributed by atoms with Gasteiger partial charge in [0.05, 0.1) is 33.1 Å². The van der Waals surface area contributed by atoms with E-state index in [-0.39, 0.29) is 22.5 Å². The van der Waals surface area contributed by atoms with Crippen LogP contribution < -0.4 is 5.73 Å². The highest BCUT2D eigenvalue weighted by Gasteiger charge is 2.41. The molecule has 1 aromatic heterocycles. The molecule has 0 radical (unpaired) electrons.